The maximum Gasteiger partial charge on any atom is 0.412 e. The fourth-order valence-electron chi connectivity index (χ4n) is 2.13. The summed E-state index contributed by atoms with van der Waals surface area (Å²) in [5, 5.41) is 20.0. The molecule has 2 rings (SSSR count). The van der Waals surface area contributed by atoms with Crippen LogP contribution in [-0.4, -0.2) is 41.7 Å². The highest BCUT2D eigenvalue weighted by Gasteiger charge is 2.29. The Bertz CT molecular complexity index is 872. The Morgan fingerprint density at radius 1 is 1.29 bits per heavy atom. The maximum absolute atomic E-state index is 12.6. The lowest BCUT2D eigenvalue weighted by molar-refractivity contribution is -0.0913. The smallest absolute Gasteiger partial charge is 0.403 e. The van der Waals surface area contributed by atoms with Gasteiger partial charge in [0.1, 0.15) is 0 Å². The number of aromatic nitrogens is 2. The van der Waals surface area contributed by atoms with Gasteiger partial charge < -0.3 is 19.7 Å². The summed E-state index contributed by atoms with van der Waals surface area (Å²) in [5.41, 5.74) is 0.776. The minimum absolute atomic E-state index is 0.0648. The van der Waals surface area contributed by atoms with E-state index >= 15 is 0 Å². The predicted molar refractivity (Wildman–Crippen MR) is 102 cm³/mol. The fraction of sp³-hybridized carbons (Fsp3) is 0.263. The Morgan fingerprint density at radius 2 is 2.00 bits per heavy atom. The van der Waals surface area contributed by atoms with Gasteiger partial charge in [-0.25, -0.2) is 0 Å². The van der Waals surface area contributed by atoms with E-state index in [-0.39, 0.29) is 18.5 Å². The molecule has 0 aliphatic heterocycles. The standard InChI is InChI=1S/C19H21F3N4O2/c1-4-14(10-9-13(2)19(20,21)22)23-16-8-6-5-7-15(16)17-24-25-18(28-17)26(3)11-12-27/h4-10,23,27H,1,11-12H2,2-3H3/b13-9+,14-10+. The van der Waals surface area contributed by atoms with Crippen molar-refractivity contribution in [3.63, 3.8) is 0 Å². The first-order valence-corrected chi connectivity index (χ1v) is 8.36. The van der Waals surface area contributed by atoms with Gasteiger partial charge in [-0.2, -0.15) is 13.2 Å². The lowest BCUT2D eigenvalue weighted by Gasteiger charge is -2.12. The van der Waals surface area contributed by atoms with Crippen LogP contribution in [0.4, 0.5) is 24.9 Å². The van der Waals surface area contributed by atoms with E-state index in [0.29, 0.717) is 23.5 Å². The molecular weight excluding hydrogens is 373 g/mol. The van der Waals surface area contributed by atoms with Gasteiger partial charge in [0.25, 0.3) is 5.89 Å². The Kier molecular flexibility index (Phi) is 7.00. The average molecular weight is 394 g/mol. The molecule has 0 aliphatic carbocycles. The quantitative estimate of drug-likeness (QED) is 0.655. The van der Waals surface area contributed by atoms with Crippen LogP contribution in [0.5, 0.6) is 0 Å². The highest BCUT2D eigenvalue weighted by Crippen LogP contribution is 2.30. The summed E-state index contributed by atoms with van der Waals surface area (Å²) < 4.78 is 43.6. The van der Waals surface area contributed by atoms with Gasteiger partial charge in [-0.15, -0.1) is 5.10 Å². The molecule has 0 saturated heterocycles. The summed E-state index contributed by atoms with van der Waals surface area (Å²) in [6.45, 7) is 4.88. The molecule has 0 atom stereocenters. The van der Waals surface area contributed by atoms with Gasteiger partial charge in [-0.1, -0.05) is 29.9 Å². The number of aliphatic hydroxyl groups is 1. The number of rotatable bonds is 8. The molecule has 0 spiro atoms. The van der Waals surface area contributed by atoms with E-state index in [1.165, 1.54) is 12.2 Å². The molecule has 0 unspecified atom stereocenters. The van der Waals surface area contributed by atoms with E-state index in [2.05, 4.69) is 22.1 Å². The molecule has 0 bridgehead atoms. The van der Waals surface area contributed by atoms with Crippen molar-refractivity contribution in [1.82, 2.24) is 10.2 Å². The van der Waals surface area contributed by atoms with Crippen molar-refractivity contribution in [2.75, 3.05) is 30.4 Å². The van der Waals surface area contributed by atoms with E-state index in [0.717, 1.165) is 13.0 Å². The van der Waals surface area contributed by atoms with Crippen molar-refractivity contribution < 1.29 is 22.7 Å². The van der Waals surface area contributed by atoms with Gasteiger partial charge in [-0.05, 0) is 31.2 Å². The second-order valence-corrected chi connectivity index (χ2v) is 5.88. The first kappa shape index (κ1) is 21.2. The highest BCUT2D eigenvalue weighted by molar-refractivity contribution is 5.74. The third-order valence-electron chi connectivity index (χ3n) is 3.79. The van der Waals surface area contributed by atoms with Crippen LogP contribution in [0.2, 0.25) is 0 Å². The predicted octanol–water partition coefficient (Wildman–Crippen LogP) is 4.16. The number of likely N-dealkylation sites (N-methyl/N-ethyl adjacent to an activating group) is 1. The molecule has 2 N–H and O–H groups in total. The normalized spacial score (nSPS) is 12.8. The second kappa shape index (κ2) is 9.23. The van der Waals surface area contributed by atoms with Crippen LogP contribution in [0.3, 0.4) is 0 Å². The number of nitrogens with one attached hydrogen (secondary N) is 1. The van der Waals surface area contributed by atoms with Crippen molar-refractivity contribution in [1.29, 1.82) is 0 Å². The van der Waals surface area contributed by atoms with E-state index in [9.17, 15) is 13.2 Å². The molecule has 2 aromatic rings. The van der Waals surface area contributed by atoms with Gasteiger partial charge in [0.2, 0.25) is 0 Å². The summed E-state index contributed by atoms with van der Waals surface area (Å²) in [6, 6.07) is 7.24. The summed E-state index contributed by atoms with van der Waals surface area (Å²) in [5.74, 6) is 0.230. The lowest BCUT2D eigenvalue weighted by atomic mass is 10.1. The summed E-state index contributed by atoms with van der Waals surface area (Å²) in [7, 11) is 1.70. The van der Waals surface area contributed by atoms with E-state index in [4.69, 9.17) is 9.52 Å². The van der Waals surface area contributed by atoms with Crippen LogP contribution in [0.1, 0.15) is 6.92 Å². The van der Waals surface area contributed by atoms with E-state index in [1.807, 2.05) is 0 Å². The molecule has 6 nitrogen and oxygen atoms in total. The third kappa shape index (κ3) is 5.46. The van der Waals surface area contributed by atoms with Crippen LogP contribution in [0.25, 0.3) is 11.5 Å². The second-order valence-electron chi connectivity index (χ2n) is 5.88. The number of hydrogen-bond acceptors (Lipinski definition) is 6. The third-order valence-corrected chi connectivity index (χ3v) is 3.79. The zero-order valence-corrected chi connectivity index (χ0v) is 15.5. The maximum atomic E-state index is 12.6. The van der Waals surface area contributed by atoms with Crippen molar-refractivity contribution in [3.8, 4) is 11.5 Å². The number of anilines is 2. The van der Waals surface area contributed by atoms with Crippen LogP contribution in [-0.2, 0) is 0 Å². The minimum atomic E-state index is -4.39. The summed E-state index contributed by atoms with van der Waals surface area (Å²) >= 11 is 0. The Balaban J connectivity index is 2.30. The van der Waals surface area contributed by atoms with Crippen LogP contribution in [0.15, 0.2) is 64.8 Å². The SMILES string of the molecule is C=C/C(=C\C=C(/C)C(F)(F)F)Nc1ccccc1-c1nnc(N(C)CCO)o1. The first-order chi connectivity index (χ1) is 13.3. The highest BCUT2D eigenvalue weighted by atomic mass is 19.4. The molecule has 0 aliphatic rings. The number of nitrogens with zero attached hydrogens (tertiary/aromatic N) is 3. The number of hydrogen-bond donors (Lipinski definition) is 2. The van der Waals surface area contributed by atoms with Crippen LogP contribution >= 0.6 is 0 Å². The molecule has 1 aromatic heterocycles. The Labute approximate surface area is 160 Å². The van der Waals surface area contributed by atoms with E-state index < -0.39 is 11.7 Å². The monoisotopic (exact) mass is 394 g/mol. The van der Waals surface area contributed by atoms with Crippen LogP contribution < -0.4 is 10.2 Å². The van der Waals surface area contributed by atoms with E-state index in [1.54, 1.807) is 36.2 Å². The van der Waals surface area contributed by atoms with Gasteiger partial charge in [0.15, 0.2) is 0 Å². The molecule has 150 valence electrons. The number of alkyl halides is 3. The number of para-hydroxylation sites is 1. The van der Waals surface area contributed by atoms with Crippen molar-refractivity contribution in [3.05, 3.63) is 60.3 Å². The fourth-order valence-corrected chi connectivity index (χ4v) is 2.13. The topological polar surface area (TPSA) is 74.4 Å². The lowest BCUT2D eigenvalue weighted by Crippen LogP contribution is -2.21. The van der Waals surface area contributed by atoms with Gasteiger partial charge in [-0.3, -0.25) is 0 Å². The molecule has 0 amide bonds. The first-order valence-electron chi connectivity index (χ1n) is 8.36. The molecule has 9 heteroatoms. The number of halogens is 3. The van der Waals surface area contributed by atoms with Gasteiger partial charge in [0, 0.05) is 24.9 Å². The van der Waals surface area contributed by atoms with Crippen molar-refractivity contribution in [2.24, 2.45) is 0 Å². The Hall–Kier alpha value is -3.07. The minimum Gasteiger partial charge on any atom is -0.403 e. The molecule has 28 heavy (non-hydrogen) atoms. The zero-order valence-electron chi connectivity index (χ0n) is 15.5. The molecular formula is C19H21F3N4O2. The number of aliphatic hydroxyl groups excluding tert-OH is 1. The molecule has 0 radical (unpaired) electrons. The zero-order chi connectivity index (χ0) is 20.7. The van der Waals surface area contributed by atoms with Gasteiger partial charge in [0.05, 0.1) is 17.9 Å². The largest absolute Gasteiger partial charge is 0.412 e. The van der Waals surface area contributed by atoms with Crippen molar-refractivity contribution in [2.45, 2.75) is 13.1 Å². The summed E-state index contributed by atoms with van der Waals surface area (Å²) in [4.78, 5) is 1.60. The Morgan fingerprint density at radius 3 is 2.64 bits per heavy atom. The molecule has 0 saturated carbocycles. The average Bonchev–Trinajstić information content (AvgIpc) is 3.14. The molecule has 0 fully saturated rings. The number of allylic oxidation sites excluding steroid dienone is 4. The van der Waals surface area contributed by atoms with Crippen molar-refractivity contribution >= 4 is 11.7 Å². The van der Waals surface area contributed by atoms with Crippen LogP contribution in [0, 0.1) is 0 Å². The molecule has 1 heterocycles. The molecule has 1 aromatic carbocycles. The van der Waals surface area contributed by atoms with Gasteiger partial charge >= 0.3 is 12.2 Å². The number of benzene rings is 1. The summed E-state index contributed by atoms with van der Waals surface area (Å²) in [6.07, 6.45) is -0.713.